The highest BCUT2D eigenvalue weighted by molar-refractivity contribution is 7.85. The van der Waals surface area contributed by atoms with Crippen LogP contribution in [0, 0.1) is 0 Å². The van der Waals surface area contributed by atoms with Crippen LogP contribution in [0.1, 0.15) is 31.2 Å². The van der Waals surface area contributed by atoms with Crippen LogP contribution in [0.25, 0.3) is 0 Å². The third-order valence-corrected chi connectivity index (χ3v) is 6.74. The average molecular weight is 288 g/mol. The van der Waals surface area contributed by atoms with E-state index < -0.39 is 21.1 Å². The van der Waals surface area contributed by atoms with Crippen molar-refractivity contribution in [2.24, 2.45) is 0 Å². The monoisotopic (exact) mass is 288 g/mol. The molecule has 0 aromatic heterocycles. The summed E-state index contributed by atoms with van der Waals surface area (Å²) in [4.78, 5) is 0. The quantitative estimate of drug-likeness (QED) is 0.868. The summed E-state index contributed by atoms with van der Waals surface area (Å²) < 4.78 is 12.5. The van der Waals surface area contributed by atoms with Gasteiger partial charge in [-0.15, -0.1) is 0 Å². The predicted octanol–water partition coefficient (Wildman–Crippen LogP) is 3.11. The minimum atomic E-state index is -1.09. The normalized spacial score (nSPS) is 33.6. The zero-order valence-corrected chi connectivity index (χ0v) is 12.3. The first kappa shape index (κ1) is 13.8. The largest absolute Gasteiger partial charge is 0.388 e. The molecular weight excluding hydrogens is 268 g/mol. The van der Waals surface area contributed by atoms with Crippen LogP contribution in [0.2, 0.25) is 0 Å². The summed E-state index contributed by atoms with van der Waals surface area (Å²) in [5, 5.41) is 11.0. The van der Waals surface area contributed by atoms with Crippen LogP contribution >= 0.6 is 0 Å². The smallest absolute Gasteiger partial charge is 0.0893 e. The third kappa shape index (κ3) is 2.19. The van der Waals surface area contributed by atoms with Gasteiger partial charge < -0.3 is 5.11 Å². The SMILES string of the molecule is O=S(Cc1ccccc1)C12CC=CCC1(O)CC=CC2. The fourth-order valence-electron chi connectivity index (χ4n) is 3.28. The first-order valence-corrected chi connectivity index (χ1v) is 8.43. The van der Waals surface area contributed by atoms with Gasteiger partial charge in [0.1, 0.15) is 0 Å². The van der Waals surface area contributed by atoms with Crippen LogP contribution in [-0.2, 0) is 16.6 Å². The standard InChI is InChI=1S/C17H20O2S/c18-16-10-4-6-12-17(16,13-7-5-11-16)20(19)14-15-8-2-1-3-9-15/h1-9,18H,10-14H2. The highest BCUT2D eigenvalue weighted by atomic mass is 32.2. The van der Waals surface area contributed by atoms with Crippen LogP contribution in [0.5, 0.6) is 0 Å². The molecule has 1 aromatic carbocycles. The van der Waals surface area contributed by atoms with E-state index in [-0.39, 0.29) is 0 Å². The summed E-state index contributed by atoms with van der Waals surface area (Å²) in [6, 6.07) is 9.92. The number of rotatable bonds is 3. The molecule has 1 N–H and O–H groups in total. The Bertz CT molecular complexity index is 542. The van der Waals surface area contributed by atoms with Crippen molar-refractivity contribution in [3.8, 4) is 0 Å². The molecule has 0 radical (unpaired) electrons. The van der Waals surface area contributed by atoms with Gasteiger partial charge in [0.15, 0.2) is 0 Å². The van der Waals surface area contributed by atoms with E-state index in [0.29, 0.717) is 31.4 Å². The van der Waals surface area contributed by atoms with Crippen LogP contribution in [0.4, 0.5) is 0 Å². The van der Waals surface area contributed by atoms with Crippen molar-refractivity contribution in [1.29, 1.82) is 0 Å². The van der Waals surface area contributed by atoms with Crippen molar-refractivity contribution < 1.29 is 9.32 Å². The Morgan fingerprint density at radius 3 is 2.10 bits per heavy atom. The number of benzene rings is 1. The fraction of sp³-hybridized carbons (Fsp3) is 0.412. The van der Waals surface area contributed by atoms with Gasteiger partial charge in [-0.3, -0.25) is 4.21 Å². The van der Waals surface area contributed by atoms with Gasteiger partial charge >= 0.3 is 0 Å². The first-order valence-electron chi connectivity index (χ1n) is 7.11. The molecule has 0 amide bonds. The van der Waals surface area contributed by atoms with Gasteiger partial charge in [-0.05, 0) is 31.2 Å². The van der Waals surface area contributed by atoms with Crippen molar-refractivity contribution in [3.63, 3.8) is 0 Å². The highest BCUT2D eigenvalue weighted by Crippen LogP contribution is 2.47. The van der Waals surface area contributed by atoms with Crippen molar-refractivity contribution in [3.05, 3.63) is 60.2 Å². The Morgan fingerprint density at radius 1 is 0.950 bits per heavy atom. The van der Waals surface area contributed by atoms with Crippen LogP contribution < -0.4 is 0 Å². The molecule has 0 saturated heterocycles. The molecule has 2 aliphatic rings. The van der Waals surface area contributed by atoms with Crippen molar-refractivity contribution >= 4 is 10.8 Å². The molecule has 1 aromatic rings. The molecule has 2 nitrogen and oxygen atoms in total. The second-order valence-electron chi connectivity index (χ2n) is 5.76. The molecule has 106 valence electrons. The van der Waals surface area contributed by atoms with Crippen LogP contribution in [0.3, 0.4) is 0 Å². The molecule has 0 saturated carbocycles. The van der Waals surface area contributed by atoms with E-state index in [1.807, 2.05) is 42.5 Å². The maximum absolute atomic E-state index is 13.0. The van der Waals surface area contributed by atoms with Gasteiger partial charge in [0.05, 0.1) is 10.3 Å². The van der Waals surface area contributed by atoms with Gasteiger partial charge in [0, 0.05) is 16.6 Å². The molecule has 1 atom stereocenters. The summed E-state index contributed by atoms with van der Waals surface area (Å²) in [6.45, 7) is 0. The topological polar surface area (TPSA) is 37.3 Å². The maximum atomic E-state index is 13.0. The Labute approximate surface area is 122 Å². The molecule has 0 aliphatic heterocycles. The second-order valence-corrected chi connectivity index (χ2v) is 7.52. The van der Waals surface area contributed by atoms with Gasteiger partial charge in [-0.25, -0.2) is 0 Å². The van der Waals surface area contributed by atoms with E-state index in [9.17, 15) is 9.32 Å². The van der Waals surface area contributed by atoms with E-state index in [0.717, 1.165) is 5.56 Å². The summed E-state index contributed by atoms with van der Waals surface area (Å²) in [7, 11) is -1.09. The molecule has 3 rings (SSSR count). The van der Waals surface area contributed by atoms with Gasteiger partial charge in [-0.2, -0.15) is 0 Å². The lowest BCUT2D eigenvalue weighted by Crippen LogP contribution is -2.58. The molecule has 0 bridgehead atoms. The van der Waals surface area contributed by atoms with E-state index >= 15 is 0 Å². The maximum Gasteiger partial charge on any atom is 0.0893 e. The highest BCUT2D eigenvalue weighted by Gasteiger charge is 2.54. The zero-order chi connectivity index (χ0) is 14.1. The molecule has 1 unspecified atom stereocenters. The molecular formula is C17H20O2S. The van der Waals surface area contributed by atoms with E-state index in [1.54, 1.807) is 0 Å². The molecule has 0 spiro atoms. The summed E-state index contributed by atoms with van der Waals surface area (Å²) in [5.41, 5.74) is 0.225. The van der Waals surface area contributed by atoms with Crippen molar-refractivity contribution in [1.82, 2.24) is 0 Å². The Balaban J connectivity index is 1.91. The summed E-state index contributed by atoms with van der Waals surface area (Å²) in [6.07, 6.45) is 10.8. The lowest BCUT2D eigenvalue weighted by Gasteiger charge is -2.49. The number of hydrogen-bond acceptors (Lipinski definition) is 2. The number of aliphatic hydroxyl groups is 1. The molecule has 0 fully saturated rings. The lowest BCUT2D eigenvalue weighted by molar-refractivity contribution is -0.00462. The number of allylic oxidation sites excluding steroid dienone is 2. The van der Waals surface area contributed by atoms with Gasteiger partial charge in [0.25, 0.3) is 0 Å². The molecule has 0 heterocycles. The molecule has 3 heteroatoms. The van der Waals surface area contributed by atoms with Crippen LogP contribution in [0.15, 0.2) is 54.6 Å². The fourth-order valence-corrected chi connectivity index (χ4v) is 5.21. The number of hydrogen-bond donors (Lipinski definition) is 1. The minimum Gasteiger partial charge on any atom is -0.388 e. The Morgan fingerprint density at radius 2 is 1.50 bits per heavy atom. The lowest BCUT2D eigenvalue weighted by atomic mass is 9.71. The van der Waals surface area contributed by atoms with Crippen molar-refractivity contribution in [2.75, 3.05) is 0 Å². The minimum absolute atomic E-state index is 0.519. The third-order valence-electron chi connectivity index (χ3n) is 4.56. The average Bonchev–Trinajstić information content (AvgIpc) is 2.47. The second kappa shape index (κ2) is 5.30. The molecule has 2 aliphatic carbocycles. The van der Waals surface area contributed by atoms with E-state index in [2.05, 4.69) is 12.2 Å². The van der Waals surface area contributed by atoms with E-state index in [4.69, 9.17) is 0 Å². The molecule has 20 heavy (non-hydrogen) atoms. The summed E-state index contributed by atoms with van der Waals surface area (Å²) >= 11 is 0. The summed E-state index contributed by atoms with van der Waals surface area (Å²) in [5.74, 6) is 0.519. The van der Waals surface area contributed by atoms with E-state index in [1.165, 1.54) is 0 Å². The Hall–Kier alpha value is -1.19. The van der Waals surface area contributed by atoms with Crippen LogP contribution in [-0.4, -0.2) is 19.7 Å². The Kier molecular flexibility index (Phi) is 3.65. The predicted molar refractivity (Wildman–Crippen MR) is 82.7 cm³/mol. The van der Waals surface area contributed by atoms with Crippen molar-refractivity contribution in [2.45, 2.75) is 41.8 Å². The number of fused-ring (bicyclic) bond motifs is 1. The zero-order valence-electron chi connectivity index (χ0n) is 11.5. The van der Waals surface area contributed by atoms with Gasteiger partial charge in [-0.1, -0.05) is 54.6 Å². The van der Waals surface area contributed by atoms with Gasteiger partial charge in [0.2, 0.25) is 0 Å². The first-order chi connectivity index (χ1) is 9.66.